The molecule has 8 heteroatoms. The fraction of sp³-hybridized carbons (Fsp3) is 0.438. The molecule has 124 valence electrons. The Hall–Kier alpha value is -2.77. The van der Waals surface area contributed by atoms with Gasteiger partial charge in [0.05, 0.1) is 17.5 Å². The molecule has 1 aliphatic heterocycles. The number of rotatable bonds is 3. The highest BCUT2D eigenvalue weighted by Crippen LogP contribution is 2.27. The van der Waals surface area contributed by atoms with Gasteiger partial charge in [0.25, 0.3) is 11.7 Å². The summed E-state index contributed by atoms with van der Waals surface area (Å²) in [6, 6.07) is 1.97. The number of amides is 1. The maximum atomic E-state index is 12.7. The molecule has 1 saturated heterocycles. The highest BCUT2D eigenvalue weighted by molar-refractivity contribution is 5.93. The lowest BCUT2D eigenvalue weighted by Crippen LogP contribution is -2.39. The predicted octanol–water partition coefficient (Wildman–Crippen LogP) is 1.36. The topological polar surface area (TPSA) is 81.2 Å². The van der Waals surface area contributed by atoms with Crippen LogP contribution in [0.25, 0.3) is 5.78 Å². The minimum Gasteiger partial charge on any atom is -0.338 e. The first-order valence-corrected chi connectivity index (χ1v) is 8.22. The molecule has 24 heavy (non-hydrogen) atoms. The van der Waals surface area contributed by atoms with Crippen LogP contribution in [0.3, 0.4) is 0 Å². The van der Waals surface area contributed by atoms with E-state index in [2.05, 4.69) is 20.2 Å². The maximum absolute atomic E-state index is 12.7. The Balaban J connectivity index is 1.57. The highest BCUT2D eigenvalue weighted by atomic mass is 16.2. The maximum Gasteiger partial charge on any atom is 0.257 e. The fourth-order valence-corrected chi connectivity index (χ4v) is 3.30. The number of nitrogens with zero attached hydrogens (tertiary/aromatic N) is 7. The van der Waals surface area contributed by atoms with Crippen molar-refractivity contribution in [3.63, 3.8) is 0 Å². The third kappa shape index (κ3) is 2.53. The van der Waals surface area contributed by atoms with Crippen molar-refractivity contribution >= 4 is 11.7 Å². The molecule has 0 N–H and O–H groups in total. The molecule has 0 saturated carbocycles. The molecule has 0 radical (unpaired) electrons. The number of piperidine rings is 1. The number of aryl methyl sites for hydroxylation is 1. The molecule has 0 aromatic carbocycles. The third-order valence-electron chi connectivity index (χ3n) is 4.54. The van der Waals surface area contributed by atoms with Crippen molar-refractivity contribution < 1.29 is 4.79 Å². The Morgan fingerprint density at radius 2 is 2.25 bits per heavy atom. The molecular formula is C16H19N7O. The SMILES string of the molecule is CCn1cc(C(=O)N2CCC[C@@H](c3ccnc4ncnn34)C2)cn1. The van der Waals surface area contributed by atoms with Crippen molar-refractivity contribution in [2.45, 2.75) is 32.2 Å². The molecule has 0 aliphatic carbocycles. The second-order valence-electron chi connectivity index (χ2n) is 6.02. The van der Waals surface area contributed by atoms with E-state index in [0.29, 0.717) is 17.9 Å². The predicted molar refractivity (Wildman–Crippen MR) is 86.6 cm³/mol. The quantitative estimate of drug-likeness (QED) is 0.726. The number of likely N-dealkylation sites (tertiary alicyclic amines) is 1. The number of aromatic nitrogens is 6. The average Bonchev–Trinajstić information content (AvgIpc) is 3.29. The van der Waals surface area contributed by atoms with Crippen LogP contribution in [0.2, 0.25) is 0 Å². The third-order valence-corrected chi connectivity index (χ3v) is 4.54. The van der Waals surface area contributed by atoms with Crippen molar-refractivity contribution in [1.29, 1.82) is 0 Å². The van der Waals surface area contributed by atoms with Gasteiger partial charge in [0.15, 0.2) is 0 Å². The van der Waals surface area contributed by atoms with Gasteiger partial charge in [-0.15, -0.1) is 0 Å². The summed E-state index contributed by atoms with van der Waals surface area (Å²) < 4.78 is 3.55. The largest absolute Gasteiger partial charge is 0.338 e. The van der Waals surface area contributed by atoms with Gasteiger partial charge in [-0.2, -0.15) is 15.2 Å². The summed E-state index contributed by atoms with van der Waals surface area (Å²) in [5.41, 5.74) is 1.71. The van der Waals surface area contributed by atoms with Crippen LogP contribution in [-0.4, -0.2) is 53.3 Å². The lowest BCUT2D eigenvalue weighted by atomic mass is 9.94. The van der Waals surface area contributed by atoms with Gasteiger partial charge in [0.2, 0.25) is 0 Å². The molecule has 0 bridgehead atoms. The molecule has 4 heterocycles. The van der Waals surface area contributed by atoms with Gasteiger partial charge < -0.3 is 4.90 Å². The van der Waals surface area contributed by atoms with Crippen molar-refractivity contribution in [3.8, 4) is 0 Å². The van der Waals surface area contributed by atoms with Crippen LogP contribution < -0.4 is 0 Å². The van der Waals surface area contributed by atoms with Crippen LogP contribution in [0.5, 0.6) is 0 Å². The molecule has 3 aromatic rings. The van der Waals surface area contributed by atoms with Crippen molar-refractivity contribution in [2.24, 2.45) is 0 Å². The zero-order valence-electron chi connectivity index (χ0n) is 13.5. The zero-order chi connectivity index (χ0) is 16.5. The van der Waals surface area contributed by atoms with Gasteiger partial charge in [-0.05, 0) is 25.8 Å². The summed E-state index contributed by atoms with van der Waals surface area (Å²) >= 11 is 0. The van der Waals surface area contributed by atoms with Gasteiger partial charge in [0, 0.05) is 37.9 Å². The number of carbonyl (C=O) groups excluding carboxylic acids is 1. The molecule has 1 amide bonds. The Morgan fingerprint density at radius 3 is 3.08 bits per heavy atom. The zero-order valence-corrected chi connectivity index (χ0v) is 13.5. The monoisotopic (exact) mass is 325 g/mol. The summed E-state index contributed by atoms with van der Waals surface area (Å²) in [4.78, 5) is 23.0. The van der Waals surface area contributed by atoms with Gasteiger partial charge in [-0.1, -0.05) is 0 Å². The van der Waals surface area contributed by atoms with Gasteiger partial charge in [0.1, 0.15) is 6.33 Å². The summed E-state index contributed by atoms with van der Waals surface area (Å²) in [5, 5.41) is 8.46. The lowest BCUT2D eigenvalue weighted by molar-refractivity contribution is 0.0705. The number of fused-ring (bicyclic) bond motifs is 1. The van der Waals surface area contributed by atoms with E-state index in [1.54, 1.807) is 21.6 Å². The first kappa shape index (κ1) is 14.8. The molecule has 4 rings (SSSR count). The van der Waals surface area contributed by atoms with E-state index in [1.165, 1.54) is 6.33 Å². The van der Waals surface area contributed by atoms with Crippen LogP contribution >= 0.6 is 0 Å². The van der Waals surface area contributed by atoms with Crippen LogP contribution in [0.4, 0.5) is 0 Å². The Bertz CT molecular complexity index is 868. The van der Waals surface area contributed by atoms with E-state index in [4.69, 9.17) is 0 Å². The first-order valence-electron chi connectivity index (χ1n) is 8.22. The molecule has 8 nitrogen and oxygen atoms in total. The molecule has 3 aromatic heterocycles. The van der Waals surface area contributed by atoms with Crippen LogP contribution in [-0.2, 0) is 6.54 Å². The van der Waals surface area contributed by atoms with Crippen molar-refractivity contribution in [1.82, 2.24) is 34.3 Å². The molecule has 1 fully saturated rings. The van der Waals surface area contributed by atoms with E-state index in [1.807, 2.05) is 24.1 Å². The molecule has 0 unspecified atom stereocenters. The number of carbonyl (C=O) groups is 1. The van der Waals surface area contributed by atoms with Gasteiger partial charge >= 0.3 is 0 Å². The molecule has 0 spiro atoms. The Kier molecular flexibility index (Phi) is 3.72. The van der Waals surface area contributed by atoms with E-state index < -0.39 is 0 Å². The summed E-state index contributed by atoms with van der Waals surface area (Å²) in [7, 11) is 0. The standard InChI is InChI=1S/C16H19N7O/c1-2-22-10-13(8-19-22)15(24)21-7-3-4-12(9-21)14-5-6-17-16-18-11-20-23(14)16/h5-6,8,10-12H,2-4,7,9H2,1H3/t12-/m1/s1. The molecule has 1 aliphatic rings. The van der Waals surface area contributed by atoms with E-state index in [0.717, 1.165) is 31.6 Å². The highest BCUT2D eigenvalue weighted by Gasteiger charge is 2.27. The van der Waals surface area contributed by atoms with Crippen LogP contribution in [0.15, 0.2) is 31.0 Å². The number of hydrogen-bond acceptors (Lipinski definition) is 5. The molecular weight excluding hydrogens is 306 g/mol. The van der Waals surface area contributed by atoms with Crippen LogP contribution in [0.1, 0.15) is 41.7 Å². The van der Waals surface area contributed by atoms with Crippen molar-refractivity contribution in [3.05, 3.63) is 42.2 Å². The fourth-order valence-electron chi connectivity index (χ4n) is 3.30. The van der Waals surface area contributed by atoms with E-state index >= 15 is 0 Å². The second kappa shape index (κ2) is 6.03. The lowest BCUT2D eigenvalue weighted by Gasteiger charge is -2.32. The molecule has 1 atom stereocenters. The summed E-state index contributed by atoms with van der Waals surface area (Å²) in [5.74, 6) is 0.875. The minimum atomic E-state index is 0.0447. The normalized spacial score (nSPS) is 18.2. The Morgan fingerprint density at radius 1 is 1.33 bits per heavy atom. The van der Waals surface area contributed by atoms with Crippen molar-refractivity contribution in [2.75, 3.05) is 13.1 Å². The van der Waals surface area contributed by atoms with Crippen LogP contribution in [0, 0.1) is 0 Å². The van der Waals surface area contributed by atoms with E-state index in [9.17, 15) is 4.79 Å². The summed E-state index contributed by atoms with van der Waals surface area (Å²) in [6.45, 7) is 4.22. The minimum absolute atomic E-state index is 0.0447. The van der Waals surface area contributed by atoms with Gasteiger partial charge in [-0.25, -0.2) is 9.50 Å². The Labute approximate surface area is 139 Å². The van der Waals surface area contributed by atoms with Gasteiger partial charge in [-0.3, -0.25) is 9.48 Å². The average molecular weight is 325 g/mol. The smallest absolute Gasteiger partial charge is 0.257 e. The first-order chi connectivity index (χ1) is 11.8. The van der Waals surface area contributed by atoms with E-state index in [-0.39, 0.29) is 11.8 Å². The summed E-state index contributed by atoms with van der Waals surface area (Å²) in [6.07, 6.45) is 8.72. The number of hydrogen-bond donors (Lipinski definition) is 0. The second-order valence-corrected chi connectivity index (χ2v) is 6.02.